The van der Waals surface area contributed by atoms with Crippen LogP contribution in [0.3, 0.4) is 0 Å². The molecule has 1 aromatic heterocycles. The van der Waals surface area contributed by atoms with Gasteiger partial charge in [0.15, 0.2) is 0 Å². The van der Waals surface area contributed by atoms with Gasteiger partial charge >= 0.3 is 0 Å². The van der Waals surface area contributed by atoms with Crippen molar-refractivity contribution in [2.75, 3.05) is 5.32 Å². The highest BCUT2D eigenvalue weighted by Crippen LogP contribution is 2.26. The van der Waals surface area contributed by atoms with Crippen LogP contribution in [0.25, 0.3) is 0 Å². The monoisotopic (exact) mass is 379 g/mol. The molecule has 3 rings (SSSR count). The number of rotatable bonds is 4. The van der Waals surface area contributed by atoms with Crippen LogP contribution in [0.5, 0.6) is 0 Å². The van der Waals surface area contributed by atoms with E-state index in [0.717, 1.165) is 5.56 Å². The van der Waals surface area contributed by atoms with Crippen molar-refractivity contribution >= 4 is 46.5 Å². The minimum absolute atomic E-state index is 0.267. The van der Waals surface area contributed by atoms with Crippen LogP contribution in [0.15, 0.2) is 54.7 Å². The number of hydrogen-bond acceptors (Lipinski definition) is 2. The molecule has 0 bridgehead atoms. The fourth-order valence-corrected chi connectivity index (χ4v) is 2.79. The molecule has 122 valence electrons. The highest BCUT2D eigenvalue weighted by molar-refractivity contribution is 6.42. The topological polar surface area (TPSA) is 46.9 Å². The Morgan fingerprint density at radius 2 is 1.88 bits per heavy atom. The third kappa shape index (κ3) is 3.73. The Kier molecular flexibility index (Phi) is 5.09. The van der Waals surface area contributed by atoms with E-state index in [0.29, 0.717) is 33.0 Å². The van der Waals surface area contributed by atoms with E-state index in [1.807, 2.05) is 12.1 Å². The Balaban J connectivity index is 1.80. The Hall–Kier alpha value is -2.01. The van der Waals surface area contributed by atoms with Crippen molar-refractivity contribution in [3.63, 3.8) is 0 Å². The van der Waals surface area contributed by atoms with Gasteiger partial charge in [-0.05, 0) is 29.8 Å². The average Bonchev–Trinajstić information content (AvgIpc) is 2.99. The summed E-state index contributed by atoms with van der Waals surface area (Å²) < 4.78 is 1.64. The predicted molar refractivity (Wildman–Crippen MR) is 97.2 cm³/mol. The van der Waals surface area contributed by atoms with Crippen molar-refractivity contribution in [3.8, 4) is 0 Å². The van der Waals surface area contributed by atoms with Gasteiger partial charge in [-0.25, -0.2) is 4.68 Å². The van der Waals surface area contributed by atoms with E-state index in [1.165, 1.54) is 0 Å². The molecule has 0 atom stereocenters. The quantitative estimate of drug-likeness (QED) is 0.681. The molecule has 7 heteroatoms. The molecule has 24 heavy (non-hydrogen) atoms. The summed E-state index contributed by atoms with van der Waals surface area (Å²) in [5, 5.41) is 8.49. The molecule has 0 aliphatic heterocycles. The number of halogens is 3. The normalized spacial score (nSPS) is 10.6. The molecule has 0 aliphatic carbocycles. The standard InChI is InChI=1S/C17H12Cl3N3O/c18-13-5-1-3-11(9-13)17(24)22-15-7-8-21-23(15)10-12-4-2-6-14(19)16(12)20/h1-9H,10H2,(H,22,24). The van der Waals surface area contributed by atoms with Gasteiger partial charge in [-0.1, -0.05) is 53.0 Å². The number of amides is 1. The van der Waals surface area contributed by atoms with Crippen molar-refractivity contribution in [2.24, 2.45) is 0 Å². The first-order chi connectivity index (χ1) is 11.5. The zero-order valence-corrected chi connectivity index (χ0v) is 14.6. The Labute approximate surface area is 154 Å². The zero-order chi connectivity index (χ0) is 17.1. The second-order valence-corrected chi connectivity index (χ2v) is 6.27. The van der Waals surface area contributed by atoms with E-state index in [2.05, 4.69) is 10.4 Å². The van der Waals surface area contributed by atoms with Crippen LogP contribution in [0.4, 0.5) is 5.82 Å². The molecular weight excluding hydrogens is 369 g/mol. The van der Waals surface area contributed by atoms with E-state index in [1.54, 1.807) is 47.3 Å². The third-order valence-electron chi connectivity index (χ3n) is 3.40. The van der Waals surface area contributed by atoms with Crippen molar-refractivity contribution in [3.05, 3.63) is 80.9 Å². The van der Waals surface area contributed by atoms with Gasteiger partial charge in [-0.15, -0.1) is 0 Å². The van der Waals surface area contributed by atoms with Crippen molar-refractivity contribution in [1.29, 1.82) is 0 Å². The second-order valence-electron chi connectivity index (χ2n) is 5.05. The molecule has 3 aromatic rings. The minimum atomic E-state index is -0.267. The summed E-state index contributed by atoms with van der Waals surface area (Å²) >= 11 is 18.2. The SMILES string of the molecule is O=C(Nc1ccnn1Cc1cccc(Cl)c1Cl)c1cccc(Cl)c1. The van der Waals surface area contributed by atoms with Crippen LogP contribution in [-0.4, -0.2) is 15.7 Å². The maximum Gasteiger partial charge on any atom is 0.256 e. The van der Waals surface area contributed by atoms with E-state index in [-0.39, 0.29) is 5.91 Å². The van der Waals surface area contributed by atoms with Crippen molar-refractivity contribution in [2.45, 2.75) is 6.54 Å². The minimum Gasteiger partial charge on any atom is -0.307 e. The van der Waals surface area contributed by atoms with Crippen LogP contribution in [0.2, 0.25) is 15.1 Å². The molecule has 0 radical (unpaired) electrons. The fraction of sp³-hybridized carbons (Fsp3) is 0.0588. The van der Waals surface area contributed by atoms with Gasteiger partial charge in [0.2, 0.25) is 0 Å². The summed E-state index contributed by atoms with van der Waals surface area (Å²) in [6.45, 7) is 0.386. The Morgan fingerprint density at radius 3 is 2.67 bits per heavy atom. The van der Waals surface area contributed by atoms with E-state index in [4.69, 9.17) is 34.8 Å². The van der Waals surface area contributed by atoms with Crippen molar-refractivity contribution < 1.29 is 4.79 Å². The lowest BCUT2D eigenvalue weighted by molar-refractivity contribution is 0.102. The third-order valence-corrected chi connectivity index (χ3v) is 4.49. The first-order valence-electron chi connectivity index (χ1n) is 7.06. The van der Waals surface area contributed by atoms with Crippen LogP contribution in [0, 0.1) is 0 Å². The van der Waals surface area contributed by atoms with Crippen molar-refractivity contribution in [1.82, 2.24) is 9.78 Å². The lowest BCUT2D eigenvalue weighted by Gasteiger charge is -2.11. The number of benzene rings is 2. The molecule has 1 N–H and O–H groups in total. The number of carbonyl (C=O) groups excluding carboxylic acids is 1. The zero-order valence-electron chi connectivity index (χ0n) is 12.3. The Morgan fingerprint density at radius 1 is 1.08 bits per heavy atom. The van der Waals surface area contributed by atoms with Gasteiger partial charge in [-0.2, -0.15) is 5.10 Å². The summed E-state index contributed by atoms with van der Waals surface area (Å²) in [5.74, 6) is 0.285. The molecule has 0 spiro atoms. The molecule has 4 nitrogen and oxygen atoms in total. The molecule has 0 unspecified atom stereocenters. The number of aromatic nitrogens is 2. The first kappa shape index (κ1) is 16.8. The molecule has 1 amide bonds. The lowest BCUT2D eigenvalue weighted by Crippen LogP contribution is -2.16. The maximum absolute atomic E-state index is 12.3. The summed E-state index contributed by atoms with van der Waals surface area (Å²) in [4.78, 5) is 12.3. The highest BCUT2D eigenvalue weighted by Gasteiger charge is 2.12. The number of anilines is 1. The fourth-order valence-electron chi connectivity index (χ4n) is 2.21. The van der Waals surface area contributed by atoms with Gasteiger partial charge in [0.1, 0.15) is 5.82 Å². The summed E-state index contributed by atoms with van der Waals surface area (Å²) in [7, 11) is 0. The van der Waals surface area contributed by atoms with Gasteiger partial charge in [0, 0.05) is 16.7 Å². The van der Waals surface area contributed by atoms with Gasteiger partial charge < -0.3 is 5.32 Å². The van der Waals surface area contributed by atoms with Gasteiger partial charge in [0.05, 0.1) is 22.8 Å². The van der Waals surface area contributed by atoms with Crippen LogP contribution in [-0.2, 0) is 6.54 Å². The van der Waals surface area contributed by atoms with E-state index in [9.17, 15) is 4.79 Å². The molecule has 1 heterocycles. The van der Waals surface area contributed by atoms with Gasteiger partial charge in [0.25, 0.3) is 5.91 Å². The molecule has 0 saturated heterocycles. The first-order valence-corrected chi connectivity index (χ1v) is 8.19. The van der Waals surface area contributed by atoms with Crippen LogP contribution < -0.4 is 5.32 Å². The van der Waals surface area contributed by atoms with Gasteiger partial charge in [-0.3, -0.25) is 4.79 Å². The average molecular weight is 381 g/mol. The number of nitrogens with one attached hydrogen (secondary N) is 1. The molecular formula is C17H12Cl3N3O. The predicted octanol–water partition coefficient (Wildman–Crippen LogP) is 5.14. The summed E-state index contributed by atoms with van der Waals surface area (Å²) in [6.07, 6.45) is 1.60. The largest absolute Gasteiger partial charge is 0.307 e. The lowest BCUT2D eigenvalue weighted by atomic mass is 10.2. The second kappa shape index (κ2) is 7.26. The number of nitrogens with zero attached hydrogens (tertiary/aromatic N) is 2. The molecule has 0 aliphatic rings. The van der Waals surface area contributed by atoms with E-state index >= 15 is 0 Å². The summed E-state index contributed by atoms with van der Waals surface area (Å²) in [6, 6.07) is 13.8. The molecule has 0 fully saturated rings. The highest BCUT2D eigenvalue weighted by atomic mass is 35.5. The molecule has 2 aromatic carbocycles. The smallest absolute Gasteiger partial charge is 0.256 e. The number of hydrogen-bond donors (Lipinski definition) is 1. The summed E-state index contributed by atoms with van der Waals surface area (Å²) in [5.41, 5.74) is 1.28. The van der Waals surface area contributed by atoms with Crippen LogP contribution >= 0.6 is 34.8 Å². The van der Waals surface area contributed by atoms with Crippen LogP contribution in [0.1, 0.15) is 15.9 Å². The molecule has 0 saturated carbocycles. The van der Waals surface area contributed by atoms with E-state index < -0.39 is 0 Å². The Bertz CT molecular complexity index is 892. The maximum atomic E-state index is 12.3. The number of carbonyl (C=O) groups is 1.